The van der Waals surface area contributed by atoms with Crippen LogP contribution in [0.25, 0.3) is 0 Å². The Balaban J connectivity index is 1.75. The second-order valence-electron chi connectivity index (χ2n) is 4.78. The Morgan fingerprint density at radius 3 is 2.69 bits per heavy atom. The zero-order valence-corrected chi connectivity index (χ0v) is 8.50. The van der Waals surface area contributed by atoms with Crippen molar-refractivity contribution < 1.29 is 5.11 Å². The van der Waals surface area contributed by atoms with E-state index < -0.39 is 0 Å². The van der Waals surface area contributed by atoms with Crippen molar-refractivity contribution in [3.63, 3.8) is 0 Å². The van der Waals surface area contributed by atoms with E-state index in [1.807, 2.05) is 0 Å². The Kier molecular flexibility index (Phi) is 2.58. The molecule has 3 nitrogen and oxygen atoms in total. The van der Waals surface area contributed by atoms with E-state index in [0.717, 1.165) is 13.0 Å². The normalized spacial score (nSPS) is 28.2. The van der Waals surface area contributed by atoms with Gasteiger partial charge >= 0.3 is 0 Å². The van der Waals surface area contributed by atoms with Crippen molar-refractivity contribution in [2.24, 2.45) is 5.41 Å². The molecule has 2 aliphatic rings. The van der Waals surface area contributed by atoms with E-state index >= 15 is 0 Å². The summed E-state index contributed by atoms with van der Waals surface area (Å²) >= 11 is 0. The third-order valence-electron chi connectivity index (χ3n) is 3.36. The lowest BCUT2D eigenvalue weighted by atomic mass is 9.79. The van der Waals surface area contributed by atoms with Crippen LogP contribution >= 0.6 is 0 Å². The molecular formula is C10H20N2O. The van der Waals surface area contributed by atoms with Crippen LogP contribution in [0.5, 0.6) is 0 Å². The fourth-order valence-corrected chi connectivity index (χ4v) is 2.87. The van der Waals surface area contributed by atoms with Crippen molar-refractivity contribution in [3.05, 3.63) is 0 Å². The molecule has 0 aliphatic carbocycles. The molecule has 1 N–H and O–H groups in total. The summed E-state index contributed by atoms with van der Waals surface area (Å²) in [6, 6.07) is 0. The highest BCUT2D eigenvalue weighted by Crippen LogP contribution is 2.38. The average molecular weight is 184 g/mol. The Hall–Kier alpha value is -0.120. The van der Waals surface area contributed by atoms with Crippen LogP contribution in [0.4, 0.5) is 0 Å². The first kappa shape index (κ1) is 9.44. The fraction of sp³-hybridized carbons (Fsp3) is 1.00. The first-order chi connectivity index (χ1) is 6.24. The predicted octanol–water partition coefficient (Wildman–Crippen LogP) is 0.00630. The van der Waals surface area contributed by atoms with Crippen molar-refractivity contribution in [2.75, 3.05) is 46.4 Å². The third-order valence-corrected chi connectivity index (χ3v) is 3.36. The molecule has 0 radical (unpaired) electrons. The number of likely N-dealkylation sites (tertiary alicyclic amines) is 2. The summed E-state index contributed by atoms with van der Waals surface area (Å²) in [5.41, 5.74) is 0.629. The minimum absolute atomic E-state index is 0.337. The van der Waals surface area contributed by atoms with Gasteiger partial charge in [-0.3, -0.25) is 0 Å². The number of hydrogen-bond donors (Lipinski definition) is 1. The summed E-state index contributed by atoms with van der Waals surface area (Å²) in [6.07, 6.45) is 2.30. The minimum atomic E-state index is 0.337. The lowest BCUT2D eigenvalue weighted by Gasteiger charge is -2.46. The van der Waals surface area contributed by atoms with Gasteiger partial charge in [-0.2, -0.15) is 0 Å². The molecular weight excluding hydrogens is 164 g/mol. The second kappa shape index (κ2) is 3.56. The van der Waals surface area contributed by atoms with E-state index in [2.05, 4.69) is 16.8 Å². The number of aliphatic hydroxyl groups is 1. The van der Waals surface area contributed by atoms with E-state index in [9.17, 15) is 0 Å². The zero-order chi connectivity index (χ0) is 9.31. The van der Waals surface area contributed by atoms with Crippen molar-refractivity contribution in [3.8, 4) is 0 Å². The van der Waals surface area contributed by atoms with Crippen LogP contribution in [0, 0.1) is 5.41 Å². The quantitative estimate of drug-likeness (QED) is 0.669. The Labute approximate surface area is 80.3 Å². The molecule has 0 aromatic heterocycles. The molecule has 2 heterocycles. The van der Waals surface area contributed by atoms with Gasteiger partial charge in [-0.15, -0.1) is 0 Å². The zero-order valence-electron chi connectivity index (χ0n) is 8.50. The van der Waals surface area contributed by atoms with Crippen molar-refractivity contribution in [2.45, 2.75) is 12.8 Å². The van der Waals surface area contributed by atoms with Gasteiger partial charge < -0.3 is 14.9 Å². The number of nitrogens with zero attached hydrogens (tertiary/aromatic N) is 2. The van der Waals surface area contributed by atoms with Gasteiger partial charge in [-0.05, 0) is 26.4 Å². The molecule has 0 saturated carbocycles. The molecule has 3 heteroatoms. The molecule has 2 saturated heterocycles. The van der Waals surface area contributed by atoms with E-state index in [-0.39, 0.29) is 0 Å². The summed E-state index contributed by atoms with van der Waals surface area (Å²) in [6.45, 7) is 6.49. The summed E-state index contributed by atoms with van der Waals surface area (Å²) in [7, 11) is 2.20. The Morgan fingerprint density at radius 1 is 1.31 bits per heavy atom. The molecule has 0 atom stereocenters. The topological polar surface area (TPSA) is 26.7 Å². The van der Waals surface area contributed by atoms with Crippen LogP contribution in [-0.4, -0.2) is 61.3 Å². The summed E-state index contributed by atoms with van der Waals surface area (Å²) in [5.74, 6) is 0. The van der Waals surface area contributed by atoms with Crippen molar-refractivity contribution >= 4 is 0 Å². The standard InChI is InChI=1S/C10H20N2O/c1-11-7-10(8-11)3-5-12(9-10)4-2-6-13/h13H,2-9H2,1H3. The number of aliphatic hydroxyl groups excluding tert-OH is 1. The molecule has 0 amide bonds. The van der Waals surface area contributed by atoms with Gasteiger partial charge in [0.05, 0.1) is 0 Å². The maximum Gasteiger partial charge on any atom is 0.0443 e. The van der Waals surface area contributed by atoms with Crippen LogP contribution < -0.4 is 0 Å². The average Bonchev–Trinajstić information content (AvgIpc) is 2.45. The van der Waals surface area contributed by atoms with Gasteiger partial charge in [0.25, 0.3) is 0 Å². The van der Waals surface area contributed by atoms with Crippen LogP contribution in [0.2, 0.25) is 0 Å². The molecule has 2 aliphatic heterocycles. The molecule has 76 valence electrons. The summed E-state index contributed by atoms with van der Waals surface area (Å²) < 4.78 is 0. The molecule has 1 spiro atoms. The minimum Gasteiger partial charge on any atom is -0.396 e. The lowest BCUT2D eigenvalue weighted by molar-refractivity contribution is 0.0303. The maximum atomic E-state index is 8.74. The van der Waals surface area contributed by atoms with Crippen LogP contribution in [0.1, 0.15) is 12.8 Å². The van der Waals surface area contributed by atoms with Gasteiger partial charge in [0.2, 0.25) is 0 Å². The van der Waals surface area contributed by atoms with Crippen molar-refractivity contribution in [1.82, 2.24) is 9.80 Å². The highest BCUT2D eigenvalue weighted by Gasteiger charge is 2.45. The summed E-state index contributed by atoms with van der Waals surface area (Å²) in [4.78, 5) is 4.90. The van der Waals surface area contributed by atoms with Gasteiger partial charge in [0.1, 0.15) is 0 Å². The van der Waals surface area contributed by atoms with E-state index in [0.29, 0.717) is 12.0 Å². The molecule has 0 unspecified atom stereocenters. The lowest BCUT2D eigenvalue weighted by Crippen LogP contribution is -2.55. The van der Waals surface area contributed by atoms with Crippen LogP contribution in [0.3, 0.4) is 0 Å². The third kappa shape index (κ3) is 1.87. The molecule has 0 aromatic carbocycles. The van der Waals surface area contributed by atoms with E-state index in [1.165, 1.54) is 32.6 Å². The first-order valence-corrected chi connectivity index (χ1v) is 5.26. The summed E-state index contributed by atoms with van der Waals surface area (Å²) in [5, 5.41) is 8.74. The smallest absolute Gasteiger partial charge is 0.0443 e. The fourth-order valence-electron chi connectivity index (χ4n) is 2.87. The SMILES string of the molecule is CN1CC2(CCN(CCCO)C2)C1. The first-order valence-electron chi connectivity index (χ1n) is 5.26. The molecule has 0 bridgehead atoms. The highest BCUT2D eigenvalue weighted by molar-refractivity contribution is 4.99. The van der Waals surface area contributed by atoms with Crippen molar-refractivity contribution in [1.29, 1.82) is 0 Å². The number of hydrogen-bond acceptors (Lipinski definition) is 3. The van der Waals surface area contributed by atoms with Gasteiger partial charge in [0, 0.05) is 38.2 Å². The van der Waals surface area contributed by atoms with Crippen LogP contribution in [0.15, 0.2) is 0 Å². The molecule has 2 fully saturated rings. The number of rotatable bonds is 3. The largest absolute Gasteiger partial charge is 0.396 e. The molecule has 0 aromatic rings. The van der Waals surface area contributed by atoms with Gasteiger partial charge in [0.15, 0.2) is 0 Å². The Bertz CT molecular complexity index is 178. The van der Waals surface area contributed by atoms with E-state index in [1.54, 1.807) is 0 Å². The van der Waals surface area contributed by atoms with E-state index in [4.69, 9.17) is 5.11 Å². The second-order valence-corrected chi connectivity index (χ2v) is 4.78. The predicted molar refractivity (Wildman–Crippen MR) is 52.7 cm³/mol. The van der Waals surface area contributed by atoms with Crippen LogP contribution in [-0.2, 0) is 0 Å². The highest BCUT2D eigenvalue weighted by atomic mass is 16.3. The molecule has 2 rings (SSSR count). The monoisotopic (exact) mass is 184 g/mol. The maximum absolute atomic E-state index is 8.74. The molecule has 13 heavy (non-hydrogen) atoms. The van der Waals surface area contributed by atoms with Gasteiger partial charge in [-0.25, -0.2) is 0 Å². The Morgan fingerprint density at radius 2 is 2.08 bits per heavy atom. The van der Waals surface area contributed by atoms with Gasteiger partial charge in [-0.1, -0.05) is 0 Å².